The maximum atomic E-state index is 13.0. The molecule has 0 radical (unpaired) electrons. The van der Waals surface area contributed by atoms with Crippen LogP contribution in [-0.4, -0.2) is 60.9 Å². The van der Waals surface area contributed by atoms with E-state index in [0.29, 0.717) is 24.5 Å². The number of anilines is 1. The predicted octanol–water partition coefficient (Wildman–Crippen LogP) is 3.13. The van der Waals surface area contributed by atoms with Crippen molar-refractivity contribution in [3.05, 3.63) is 53.4 Å². The minimum atomic E-state index is -0.553. The van der Waals surface area contributed by atoms with E-state index in [1.807, 2.05) is 35.4 Å². The van der Waals surface area contributed by atoms with Gasteiger partial charge in [-0.1, -0.05) is 17.7 Å². The third kappa shape index (κ3) is 5.23. The van der Waals surface area contributed by atoms with Crippen molar-refractivity contribution in [2.24, 2.45) is 0 Å². The van der Waals surface area contributed by atoms with Gasteiger partial charge < -0.3 is 19.5 Å². The normalized spacial score (nSPS) is 15.4. The molecule has 28 heavy (non-hydrogen) atoms. The van der Waals surface area contributed by atoms with E-state index in [0.717, 1.165) is 24.5 Å². The summed E-state index contributed by atoms with van der Waals surface area (Å²) >= 11 is 7.73. The first-order valence-electron chi connectivity index (χ1n) is 9.21. The molecule has 150 valence electrons. The van der Waals surface area contributed by atoms with E-state index in [1.165, 1.54) is 6.26 Å². The summed E-state index contributed by atoms with van der Waals surface area (Å²) in [5.41, 5.74) is 1.06. The number of nitrogens with zero attached hydrogens (tertiary/aromatic N) is 2. The third-order valence-corrected chi connectivity index (χ3v) is 5.60. The van der Waals surface area contributed by atoms with Crippen LogP contribution >= 0.6 is 23.4 Å². The highest BCUT2D eigenvalue weighted by molar-refractivity contribution is 7.98. The predicted molar refractivity (Wildman–Crippen MR) is 113 cm³/mol. The van der Waals surface area contributed by atoms with Gasteiger partial charge in [0.2, 0.25) is 5.91 Å². The Balaban J connectivity index is 1.60. The molecule has 0 saturated carbocycles. The lowest BCUT2D eigenvalue weighted by Crippen LogP contribution is -2.55. The van der Waals surface area contributed by atoms with E-state index in [9.17, 15) is 9.59 Å². The first kappa shape index (κ1) is 20.6. The zero-order valence-corrected chi connectivity index (χ0v) is 17.3. The number of halogens is 1. The van der Waals surface area contributed by atoms with E-state index in [-0.39, 0.29) is 17.6 Å². The van der Waals surface area contributed by atoms with E-state index in [2.05, 4.69) is 10.2 Å². The number of piperazine rings is 1. The Morgan fingerprint density at radius 3 is 2.64 bits per heavy atom. The molecule has 2 aromatic rings. The summed E-state index contributed by atoms with van der Waals surface area (Å²) in [6, 6.07) is 10.4. The maximum absolute atomic E-state index is 13.0. The molecule has 0 spiro atoms. The van der Waals surface area contributed by atoms with E-state index in [1.54, 1.807) is 23.9 Å². The second-order valence-corrected chi connectivity index (χ2v) is 8.00. The SMILES string of the molecule is CSCC[C@@H](NC(=O)c1ccco1)C(=O)N1CCN(c2cccc(Cl)c2)CC1. The molecule has 1 aromatic carbocycles. The number of benzene rings is 1. The van der Waals surface area contributed by atoms with Crippen molar-refractivity contribution in [3.8, 4) is 0 Å². The lowest BCUT2D eigenvalue weighted by atomic mass is 10.1. The molecular formula is C20H24ClN3O3S. The number of thioether (sulfide) groups is 1. The molecular weight excluding hydrogens is 398 g/mol. The van der Waals surface area contributed by atoms with Gasteiger partial charge in [-0.3, -0.25) is 9.59 Å². The first-order chi connectivity index (χ1) is 13.6. The fraction of sp³-hybridized carbons (Fsp3) is 0.400. The van der Waals surface area contributed by atoms with Crippen LogP contribution in [0.1, 0.15) is 17.0 Å². The molecule has 0 bridgehead atoms. The smallest absolute Gasteiger partial charge is 0.287 e. The zero-order chi connectivity index (χ0) is 19.9. The molecule has 2 heterocycles. The van der Waals surface area contributed by atoms with Crippen LogP contribution in [0, 0.1) is 0 Å². The van der Waals surface area contributed by atoms with Crippen molar-refractivity contribution in [1.82, 2.24) is 10.2 Å². The Morgan fingerprint density at radius 2 is 2.00 bits per heavy atom. The van der Waals surface area contributed by atoms with E-state index in [4.69, 9.17) is 16.0 Å². The Labute approximate surface area is 174 Å². The summed E-state index contributed by atoms with van der Waals surface area (Å²) in [4.78, 5) is 29.4. The fourth-order valence-corrected chi connectivity index (χ4v) is 3.86. The summed E-state index contributed by atoms with van der Waals surface area (Å²) in [5.74, 6) is 0.603. The second kappa shape index (κ2) is 9.89. The average molecular weight is 422 g/mol. The van der Waals surface area contributed by atoms with Gasteiger partial charge >= 0.3 is 0 Å². The van der Waals surface area contributed by atoms with Crippen LogP contribution < -0.4 is 10.2 Å². The van der Waals surface area contributed by atoms with Crippen LogP contribution in [0.25, 0.3) is 0 Å². The average Bonchev–Trinajstić information content (AvgIpc) is 3.25. The summed E-state index contributed by atoms with van der Waals surface area (Å²) in [7, 11) is 0. The molecule has 0 unspecified atom stereocenters. The van der Waals surface area contributed by atoms with Gasteiger partial charge in [0.1, 0.15) is 6.04 Å². The number of carbonyl (C=O) groups excluding carboxylic acids is 2. The molecule has 6 nitrogen and oxygen atoms in total. The lowest BCUT2D eigenvalue weighted by Gasteiger charge is -2.37. The standard InChI is InChI=1S/C20H24ClN3O3S/c1-28-13-7-17(22-19(25)18-6-3-12-27-18)20(26)24-10-8-23(9-11-24)16-5-2-4-15(21)14-16/h2-6,12,14,17H,7-11,13H2,1H3,(H,22,25)/t17-/m1/s1. The van der Waals surface area contributed by atoms with Crippen molar-refractivity contribution in [2.45, 2.75) is 12.5 Å². The molecule has 0 aliphatic carbocycles. The van der Waals surface area contributed by atoms with Gasteiger partial charge in [-0.05, 0) is 48.8 Å². The van der Waals surface area contributed by atoms with Crippen LogP contribution in [0.4, 0.5) is 5.69 Å². The van der Waals surface area contributed by atoms with Crippen molar-refractivity contribution in [1.29, 1.82) is 0 Å². The highest BCUT2D eigenvalue weighted by Crippen LogP contribution is 2.21. The zero-order valence-electron chi connectivity index (χ0n) is 15.8. The molecule has 1 saturated heterocycles. The van der Waals surface area contributed by atoms with Gasteiger partial charge in [-0.2, -0.15) is 11.8 Å². The molecule has 3 rings (SSSR count). The van der Waals surface area contributed by atoms with Gasteiger partial charge in [0.05, 0.1) is 6.26 Å². The quantitative estimate of drug-likeness (QED) is 0.744. The topological polar surface area (TPSA) is 65.8 Å². The number of hydrogen-bond acceptors (Lipinski definition) is 5. The van der Waals surface area contributed by atoms with Crippen molar-refractivity contribution in [2.75, 3.05) is 43.1 Å². The third-order valence-electron chi connectivity index (χ3n) is 4.72. The van der Waals surface area contributed by atoms with Crippen LogP contribution in [0.3, 0.4) is 0 Å². The second-order valence-electron chi connectivity index (χ2n) is 6.58. The molecule has 1 fully saturated rings. The molecule has 1 aliphatic rings. The number of carbonyl (C=O) groups is 2. The van der Waals surface area contributed by atoms with Crippen molar-refractivity contribution in [3.63, 3.8) is 0 Å². The summed E-state index contributed by atoms with van der Waals surface area (Å²) < 4.78 is 5.14. The molecule has 1 aliphatic heterocycles. The Kier molecular flexibility index (Phi) is 7.28. The van der Waals surface area contributed by atoms with Crippen LogP contribution in [0.5, 0.6) is 0 Å². The number of hydrogen-bond donors (Lipinski definition) is 1. The Morgan fingerprint density at radius 1 is 1.21 bits per heavy atom. The Hall–Kier alpha value is -2.12. The lowest BCUT2D eigenvalue weighted by molar-refractivity contribution is -0.133. The molecule has 1 atom stereocenters. The van der Waals surface area contributed by atoms with Gasteiger partial charge in [-0.25, -0.2) is 0 Å². The largest absolute Gasteiger partial charge is 0.459 e. The maximum Gasteiger partial charge on any atom is 0.287 e. The van der Waals surface area contributed by atoms with Crippen molar-refractivity contribution >= 4 is 40.9 Å². The van der Waals surface area contributed by atoms with E-state index < -0.39 is 6.04 Å². The van der Waals surface area contributed by atoms with Crippen LogP contribution in [-0.2, 0) is 4.79 Å². The van der Waals surface area contributed by atoms with E-state index >= 15 is 0 Å². The molecule has 2 amide bonds. The van der Waals surface area contributed by atoms with Gasteiger partial charge in [0, 0.05) is 36.9 Å². The van der Waals surface area contributed by atoms with Gasteiger partial charge in [0.15, 0.2) is 5.76 Å². The number of nitrogens with one attached hydrogen (secondary N) is 1. The number of furan rings is 1. The number of amides is 2. The fourth-order valence-electron chi connectivity index (χ4n) is 3.21. The molecule has 1 N–H and O–H groups in total. The summed E-state index contributed by atoms with van der Waals surface area (Å²) in [5, 5.41) is 3.54. The highest BCUT2D eigenvalue weighted by atomic mass is 35.5. The van der Waals surface area contributed by atoms with Gasteiger partial charge in [-0.15, -0.1) is 0 Å². The minimum Gasteiger partial charge on any atom is -0.459 e. The highest BCUT2D eigenvalue weighted by Gasteiger charge is 2.29. The minimum absolute atomic E-state index is 0.0419. The Bertz CT molecular complexity index is 792. The van der Waals surface area contributed by atoms with Crippen LogP contribution in [0.2, 0.25) is 5.02 Å². The monoisotopic (exact) mass is 421 g/mol. The summed E-state index contributed by atoms with van der Waals surface area (Å²) in [6.07, 6.45) is 4.02. The van der Waals surface area contributed by atoms with Gasteiger partial charge in [0.25, 0.3) is 5.91 Å². The number of rotatable bonds is 7. The van der Waals surface area contributed by atoms with Crippen LogP contribution in [0.15, 0.2) is 47.1 Å². The first-order valence-corrected chi connectivity index (χ1v) is 11.0. The summed E-state index contributed by atoms with van der Waals surface area (Å²) in [6.45, 7) is 2.68. The molecule has 8 heteroatoms. The molecule has 1 aromatic heterocycles. The van der Waals surface area contributed by atoms with Crippen molar-refractivity contribution < 1.29 is 14.0 Å².